The van der Waals surface area contributed by atoms with Crippen molar-refractivity contribution in [3.05, 3.63) is 34.1 Å². The van der Waals surface area contributed by atoms with E-state index in [2.05, 4.69) is 0 Å². The van der Waals surface area contributed by atoms with Crippen LogP contribution in [0.2, 0.25) is 0 Å². The summed E-state index contributed by atoms with van der Waals surface area (Å²) in [5.74, 6) is -0.327. The van der Waals surface area contributed by atoms with Crippen molar-refractivity contribution in [3.63, 3.8) is 0 Å². The fraction of sp³-hybridized carbons (Fsp3) is 0.462. The van der Waals surface area contributed by atoms with Crippen molar-refractivity contribution in [1.29, 1.82) is 0 Å². The van der Waals surface area contributed by atoms with E-state index < -0.39 is 10.7 Å². The fourth-order valence-electron chi connectivity index (χ4n) is 2.43. The predicted molar refractivity (Wildman–Crippen MR) is 68.7 cm³/mol. The standard InChI is InChI=1S/C13H15FN2O3/c1-9(17)10-4-6-15(7-5-10)13-8-11(14)2-3-12(13)16(18)19/h2-3,8,10H,4-7H2,1H3. The van der Waals surface area contributed by atoms with E-state index in [1.165, 1.54) is 12.1 Å². The zero-order chi connectivity index (χ0) is 14.0. The Morgan fingerprint density at radius 1 is 1.42 bits per heavy atom. The van der Waals surface area contributed by atoms with Crippen molar-refractivity contribution in [2.45, 2.75) is 19.8 Å². The van der Waals surface area contributed by atoms with Crippen molar-refractivity contribution in [3.8, 4) is 0 Å². The van der Waals surface area contributed by atoms with Crippen LogP contribution in [-0.2, 0) is 4.79 Å². The molecule has 0 bridgehead atoms. The van der Waals surface area contributed by atoms with Crippen LogP contribution in [0.4, 0.5) is 15.8 Å². The third-order valence-corrected chi connectivity index (χ3v) is 3.54. The Morgan fingerprint density at radius 3 is 2.58 bits per heavy atom. The summed E-state index contributed by atoms with van der Waals surface area (Å²) in [6.07, 6.45) is 1.31. The molecule has 0 aliphatic carbocycles. The van der Waals surface area contributed by atoms with Crippen molar-refractivity contribution in [2.75, 3.05) is 18.0 Å². The van der Waals surface area contributed by atoms with E-state index in [-0.39, 0.29) is 17.4 Å². The van der Waals surface area contributed by atoms with Gasteiger partial charge in [0.25, 0.3) is 5.69 Å². The first-order chi connectivity index (χ1) is 8.99. The number of piperidine rings is 1. The zero-order valence-corrected chi connectivity index (χ0v) is 10.6. The molecule has 1 aliphatic rings. The Hall–Kier alpha value is -1.98. The van der Waals surface area contributed by atoms with E-state index in [9.17, 15) is 19.3 Å². The molecule has 6 heteroatoms. The lowest BCUT2D eigenvalue weighted by Gasteiger charge is -2.32. The lowest BCUT2D eigenvalue weighted by atomic mass is 9.93. The number of rotatable bonds is 3. The minimum atomic E-state index is -0.508. The monoisotopic (exact) mass is 266 g/mol. The molecule has 0 saturated carbocycles. The zero-order valence-electron chi connectivity index (χ0n) is 10.6. The van der Waals surface area contributed by atoms with Crippen LogP contribution < -0.4 is 4.90 Å². The smallest absolute Gasteiger partial charge is 0.292 e. The highest BCUT2D eigenvalue weighted by Gasteiger charge is 2.26. The molecule has 0 spiro atoms. The Labute approximate surface area is 110 Å². The number of carbonyl (C=O) groups is 1. The fourth-order valence-corrected chi connectivity index (χ4v) is 2.43. The number of nitro groups is 1. The molecule has 0 atom stereocenters. The van der Waals surface area contributed by atoms with Gasteiger partial charge in [-0.1, -0.05) is 0 Å². The number of halogens is 1. The van der Waals surface area contributed by atoms with Crippen molar-refractivity contribution in [1.82, 2.24) is 0 Å². The maximum Gasteiger partial charge on any atom is 0.292 e. The first-order valence-electron chi connectivity index (χ1n) is 6.18. The number of Topliss-reactive ketones (excluding diaryl/α,β-unsaturated/α-hetero) is 1. The van der Waals surface area contributed by atoms with Gasteiger partial charge in [0.2, 0.25) is 0 Å². The second kappa shape index (κ2) is 5.34. The Bertz CT molecular complexity index is 511. The normalized spacial score (nSPS) is 16.4. The number of carbonyl (C=O) groups excluding carboxylic acids is 1. The van der Waals surface area contributed by atoms with E-state index in [0.717, 1.165) is 6.07 Å². The van der Waals surface area contributed by atoms with E-state index in [0.29, 0.717) is 31.6 Å². The molecule has 1 saturated heterocycles. The van der Waals surface area contributed by atoms with Gasteiger partial charge in [0, 0.05) is 31.1 Å². The summed E-state index contributed by atoms with van der Waals surface area (Å²) in [6.45, 7) is 2.63. The van der Waals surface area contributed by atoms with Gasteiger partial charge in [-0.2, -0.15) is 0 Å². The maximum absolute atomic E-state index is 13.3. The summed E-state index contributed by atoms with van der Waals surface area (Å²) in [5.41, 5.74) is 0.203. The molecule has 0 amide bonds. The number of benzene rings is 1. The molecule has 1 heterocycles. The highest BCUT2D eigenvalue weighted by molar-refractivity contribution is 5.78. The molecule has 1 fully saturated rings. The third-order valence-electron chi connectivity index (χ3n) is 3.54. The van der Waals surface area contributed by atoms with Gasteiger partial charge in [0.15, 0.2) is 0 Å². The minimum Gasteiger partial charge on any atom is -0.366 e. The largest absolute Gasteiger partial charge is 0.366 e. The Kier molecular flexibility index (Phi) is 3.78. The van der Waals surface area contributed by atoms with Crippen molar-refractivity contribution in [2.24, 2.45) is 5.92 Å². The molecule has 1 aromatic rings. The van der Waals surface area contributed by atoms with Crippen LogP contribution >= 0.6 is 0 Å². The van der Waals surface area contributed by atoms with Crippen LogP contribution in [0.25, 0.3) is 0 Å². The average molecular weight is 266 g/mol. The molecule has 1 aliphatic heterocycles. The Morgan fingerprint density at radius 2 is 2.05 bits per heavy atom. The van der Waals surface area contributed by atoms with Crippen LogP contribution in [0, 0.1) is 21.8 Å². The molecule has 19 heavy (non-hydrogen) atoms. The summed E-state index contributed by atoms with van der Waals surface area (Å²) < 4.78 is 13.3. The van der Waals surface area contributed by atoms with Crippen LogP contribution in [0.5, 0.6) is 0 Å². The van der Waals surface area contributed by atoms with Crippen LogP contribution in [0.1, 0.15) is 19.8 Å². The van der Waals surface area contributed by atoms with Gasteiger partial charge in [-0.3, -0.25) is 14.9 Å². The second-order valence-electron chi connectivity index (χ2n) is 4.76. The summed E-state index contributed by atoms with van der Waals surface area (Å²) in [4.78, 5) is 23.5. The van der Waals surface area contributed by atoms with E-state index in [1.807, 2.05) is 0 Å². The first-order valence-corrected chi connectivity index (χ1v) is 6.18. The highest BCUT2D eigenvalue weighted by Crippen LogP contribution is 2.32. The topological polar surface area (TPSA) is 63.5 Å². The van der Waals surface area contributed by atoms with Gasteiger partial charge >= 0.3 is 0 Å². The molecule has 0 N–H and O–H groups in total. The van der Waals surface area contributed by atoms with E-state index >= 15 is 0 Å². The molecular weight excluding hydrogens is 251 g/mol. The van der Waals surface area contributed by atoms with E-state index in [1.54, 1.807) is 11.8 Å². The third kappa shape index (κ3) is 2.89. The summed E-state index contributed by atoms with van der Waals surface area (Å²) in [5, 5.41) is 11.0. The maximum atomic E-state index is 13.3. The molecule has 5 nitrogen and oxygen atoms in total. The summed E-state index contributed by atoms with van der Waals surface area (Å²) in [6, 6.07) is 3.46. The molecular formula is C13H15FN2O3. The lowest BCUT2D eigenvalue weighted by Crippen LogP contribution is -2.36. The number of hydrogen-bond donors (Lipinski definition) is 0. The molecule has 102 valence electrons. The van der Waals surface area contributed by atoms with Gasteiger partial charge in [-0.25, -0.2) is 4.39 Å². The number of ketones is 1. The number of nitro benzene ring substituents is 1. The average Bonchev–Trinajstić information content (AvgIpc) is 2.38. The minimum absolute atomic E-state index is 0.0175. The quantitative estimate of drug-likeness (QED) is 0.623. The lowest BCUT2D eigenvalue weighted by molar-refractivity contribution is -0.384. The van der Waals surface area contributed by atoms with Gasteiger partial charge < -0.3 is 4.90 Å². The van der Waals surface area contributed by atoms with Crippen molar-refractivity contribution < 1.29 is 14.1 Å². The number of anilines is 1. The van der Waals surface area contributed by atoms with E-state index in [4.69, 9.17) is 0 Å². The van der Waals surface area contributed by atoms with Gasteiger partial charge in [-0.05, 0) is 25.8 Å². The molecule has 0 radical (unpaired) electrons. The summed E-state index contributed by atoms with van der Waals surface area (Å²) >= 11 is 0. The Balaban J connectivity index is 2.21. The summed E-state index contributed by atoms with van der Waals surface area (Å²) in [7, 11) is 0. The molecule has 2 rings (SSSR count). The van der Waals surface area contributed by atoms with Crippen molar-refractivity contribution >= 4 is 17.2 Å². The van der Waals surface area contributed by atoms with Crippen LogP contribution in [-0.4, -0.2) is 23.8 Å². The van der Waals surface area contributed by atoms with Crippen LogP contribution in [0.3, 0.4) is 0 Å². The van der Waals surface area contributed by atoms with Gasteiger partial charge in [0.05, 0.1) is 4.92 Å². The number of hydrogen-bond acceptors (Lipinski definition) is 4. The number of nitrogens with zero attached hydrogens (tertiary/aromatic N) is 2. The molecule has 0 aromatic heterocycles. The molecule has 0 unspecified atom stereocenters. The second-order valence-corrected chi connectivity index (χ2v) is 4.76. The highest BCUT2D eigenvalue weighted by atomic mass is 19.1. The van der Waals surface area contributed by atoms with Crippen LogP contribution in [0.15, 0.2) is 18.2 Å². The predicted octanol–water partition coefficient (Wildman–Crippen LogP) is 2.54. The van der Waals surface area contributed by atoms with Gasteiger partial charge in [-0.15, -0.1) is 0 Å². The first kappa shape index (κ1) is 13.5. The molecule has 1 aromatic carbocycles. The van der Waals surface area contributed by atoms with Gasteiger partial charge in [0.1, 0.15) is 17.3 Å². The SMILES string of the molecule is CC(=O)C1CCN(c2cc(F)ccc2[N+](=O)[O-])CC1.